The number of allylic oxidation sites excluding steroid dienone is 1. The van der Waals surface area contributed by atoms with Crippen LogP contribution in [-0.2, 0) is 0 Å². The molecule has 3 N–H and O–H groups in total. The molecule has 0 aliphatic heterocycles. The number of nitrogens with one attached hydrogen (secondary N) is 2. The quantitative estimate of drug-likeness (QED) is 0.275. The summed E-state index contributed by atoms with van der Waals surface area (Å²) < 4.78 is 5.20. The molecule has 2 heterocycles. The number of nitriles is 1. The van der Waals surface area contributed by atoms with Crippen LogP contribution in [0.1, 0.15) is 5.82 Å². The molecule has 0 amide bonds. The molecule has 134 valence electrons. The van der Waals surface area contributed by atoms with Crippen LogP contribution in [0.3, 0.4) is 0 Å². The number of aliphatic hydroxyl groups excluding tert-OH is 1. The minimum absolute atomic E-state index is 0.0559. The Morgan fingerprint density at radius 2 is 1.96 bits per heavy atom. The molecule has 0 saturated carbocycles. The van der Waals surface area contributed by atoms with Crippen molar-refractivity contribution >= 4 is 39.4 Å². The van der Waals surface area contributed by atoms with Crippen molar-refractivity contribution in [3.05, 3.63) is 54.0 Å². The summed E-state index contributed by atoms with van der Waals surface area (Å²) in [6, 6.07) is 15.1. The lowest BCUT2D eigenvalue weighted by molar-refractivity contribution is 0.415. The van der Waals surface area contributed by atoms with Crippen molar-refractivity contribution in [1.29, 1.82) is 5.26 Å². The first-order chi connectivity index (χ1) is 13.2. The molecule has 4 aromatic rings. The van der Waals surface area contributed by atoms with Crippen LogP contribution in [0.2, 0.25) is 0 Å². The number of fused-ring (bicyclic) bond motifs is 2. The predicted molar refractivity (Wildman–Crippen MR) is 105 cm³/mol. The fourth-order valence-corrected chi connectivity index (χ4v) is 3.46. The number of aliphatic hydroxyl groups is 1. The van der Waals surface area contributed by atoms with Gasteiger partial charge in [-0.15, -0.1) is 0 Å². The summed E-state index contributed by atoms with van der Waals surface area (Å²) in [5.74, 6) is 1.23. The fourth-order valence-electron chi connectivity index (χ4n) is 2.69. The van der Waals surface area contributed by atoms with Crippen LogP contribution < -0.4 is 4.74 Å². The molecule has 2 aromatic carbocycles. The maximum atomic E-state index is 10.4. The minimum Gasteiger partial charge on any atom is -0.510 e. The van der Waals surface area contributed by atoms with Gasteiger partial charge in [0.1, 0.15) is 23.2 Å². The third-order valence-electron chi connectivity index (χ3n) is 4.04. The molecule has 7 nitrogen and oxygen atoms in total. The highest BCUT2D eigenvalue weighted by Gasteiger charge is 2.14. The number of thioether (sulfide) groups is 1. The van der Waals surface area contributed by atoms with Gasteiger partial charge >= 0.3 is 0 Å². The topological polar surface area (TPSA) is 111 Å². The molecule has 0 saturated heterocycles. The highest BCUT2D eigenvalue weighted by Crippen LogP contribution is 2.26. The van der Waals surface area contributed by atoms with Gasteiger partial charge in [-0.25, -0.2) is 9.97 Å². The SMILES string of the molecule is COc1ccc2nc(SC/C(O)=C(\C#N)c3nc4ccccc4[nH]3)[nH]c2c1. The largest absolute Gasteiger partial charge is 0.510 e. The van der Waals surface area contributed by atoms with Crippen molar-refractivity contribution in [2.75, 3.05) is 12.9 Å². The van der Waals surface area contributed by atoms with E-state index in [1.54, 1.807) is 7.11 Å². The van der Waals surface area contributed by atoms with Crippen LogP contribution in [0.5, 0.6) is 5.75 Å². The summed E-state index contributed by atoms with van der Waals surface area (Å²) in [6.07, 6.45) is 0. The second-order valence-corrected chi connectivity index (χ2v) is 6.71. The smallest absolute Gasteiger partial charge is 0.166 e. The van der Waals surface area contributed by atoms with E-state index in [4.69, 9.17) is 4.74 Å². The Hall–Kier alpha value is -3.44. The van der Waals surface area contributed by atoms with Crippen LogP contribution in [0.15, 0.2) is 53.4 Å². The van der Waals surface area contributed by atoms with Gasteiger partial charge in [0.25, 0.3) is 0 Å². The summed E-state index contributed by atoms with van der Waals surface area (Å²) in [5.41, 5.74) is 3.33. The highest BCUT2D eigenvalue weighted by atomic mass is 32.2. The molecular weight excluding hydrogens is 362 g/mol. The lowest BCUT2D eigenvalue weighted by Gasteiger charge is -2.00. The molecule has 0 aliphatic rings. The number of para-hydroxylation sites is 2. The Kier molecular flexibility index (Phi) is 4.44. The normalized spacial score (nSPS) is 12.1. The van der Waals surface area contributed by atoms with Gasteiger partial charge in [0, 0.05) is 6.07 Å². The number of aromatic nitrogens is 4. The zero-order chi connectivity index (χ0) is 18.8. The first-order valence-corrected chi connectivity index (χ1v) is 9.10. The number of H-pyrrole nitrogens is 2. The fraction of sp³-hybridized carbons (Fsp3) is 0.105. The van der Waals surface area contributed by atoms with Crippen molar-refractivity contribution in [1.82, 2.24) is 19.9 Å². The summed E-state index contributed by atoms with van der Waals surface area (Å²) in [4.78, 5) is 15.1. The van der Waals surface area contributed by atoms with E-state index in [2.05, 4.69) is 19.9 Å². The van der Waals surface area contributed by atoms with E-state index in [0.717, 1.165) is 27.8 Å². The van der Waals surface area contributed by atoms with E-state index in [1.807, 2.05) is 48.5 Å². The Labute approximate surface area is 158 Å². The Morgan fingerprint density at radius 1 is 1.15 bits per heavy atom. The molecule has 4 rings (SSSR count). The molecule has 0 bridgehead atoms. The molecule has 0 atom stereocenters. The monoisotopic (exact) mass is 377 g/mol. The van der Waals surface area contributed by atoms with Gasteiger partial charge in [0.15, 0.2) is 11.0 Å². The number of aromatic amines is 2. The van der Waals surface area contributed by atoms with E-state index in [-0.39, 0.29) is 17.1 Å². The Morgan fingerprint density at radius 3 is 2.74 bits per heavy atom. The van der Waals surface area contributed by atoms with Gasteiger partial charge in [0.05, 0.1) is 34.9 Å². The number of hydrogen-bond donors (Lipinski definition) is 3. The number of imidazole rings is 2. The molecule has 8 heteroatoms. The van der Waals surface area contributed by atoms with Gasteiger partial charge < -0.3 is 19.8 Å². The summed E-state index contributed by atoms with van der Waals surface area (Å²) >= 11 is 1.30. The third-order valence-corrected chi connectivity index (χ3v) is 4.92. The Balaban J connectivity index is 1.57. The summed E-state index contributed by atoms with van der Waals surface area (Å²) in [7, 11) is 1.61. The van der Waals surface area contributed by atoms with Gasteiger partial charge in [-0.1, -0.05) is 23.9 Å². The predicted octanol–water partition coefficient (Wildman–Crippen LogP) is 4.03. The van der Waals surface area contributed by atoms with Crippen LogP contribution in [-0.4, -0.2) is 37.9 Å². The lowest BCUT2D eigenvalue weighted by Crippen LogP contribution is -1.95. The van der Waals surface area contributed by atoms with Crippen molar-refractivity contribution in [3.8, 4) is 11.8 Å². The summed E-state index contributed by atoms with van der Waals surface area (Å²) in [5, 5.41) is 20.5. The number of nitrogens with zero attached hydrogens (tertiary/aromatic N) is 3. The Bertz CT molecular complexity index is 1170. The average molecular weight is 377 g/mol. The molecule has 0 spiro atoms. The standard InChI is InChI=1S/C19H15N5O2S/c1-26-11-6-7-15-16(8-11)24-19(23-15)27-10-17(25)12(9-20)18-21-13-4-2-3-5-14(13)22-18/h2-8,25H,10H2,1H3,(H,21,22)(H,23,24)/b17-12-. The van der Waals surface area contributed by atoms with Gasteiger partial charge in [0.2, 0.25) is 0 Å². The van der Waals surface area contributed by atoms with E-state index < -0.39 is 0 Å². The molecule has 0 radical (unpaired) electrons. The van der Waals surface area contributed by atoms with Crippen molar-refractivity contribution in [3.63, 3.8) is 0 Å². The molecule has 2 aromatic heterocycles. The van der Waals surface area contributed by atoms with E-state index >= 15 is 0 Å². The maximum Gasteiger partial charge on any atom is 0.166 e. The molecule has 0 unspecified atom stereocenters. The molecule has 27 heavy (non-hydrogen) atoms. The molecular formula is C19H15N5O2S. The zero-order valence-corrected chi connectivity index (χ0v) is 15.2. The van der Waals surface area contributed by atoms with Gasteiger partial charge in [-0.2, -0.15) is 5.26 Å². The van der Waals surface area contributed by atoms with Crippen LogP contribution in [0, 0.1) is 11.3 Å². The second kappa shape index (κ2) is 7.05. The van der Waals surface area contributed by atoms with Crippen molar-refractivity contribution in [2.24, 2.45) is 0 Å². The molecule has 0 aliphatic carbocycles. The van der Waals surface area contributed by atoms with E-state index in [9.17, 15) is 10.4 Å². The second-order valence-electron chi connectivity index (χ2n) is 5.75. The van der Waals surface area contributed by atoms with E-state index in [0.29, 0.717) is 11.0 Å². The molecule has 0 fully saturated rings. The minimum atomic E-state index is -0.0559. The summed E-state index contributed by atoms with van der Waals surface area (Å²) in [6.45, 7) is 0. The third kappa shape index (κ3) is 3.32. The number of benzene rings is 2. The lowest BCUT2D eigenvalue weighted by atomic mass is 10.2. The van der Waals surface area contributed by atoms with Gasteiger partial charge in [-0.3, -0.25) is 0 Å². The van der Waals surface area contributed by atoms with Crippen LogP contribution >= 0.6 is 11.8 Å². The first-order valence-electron chi connectivity index (χ1n) is 8.12. The van der Waals surface area contributed by atoms with Crippen LogP contribution in [0.25, 0.3) is 27.6 Å². The van der Waals surface area contributed by atoms with Crippen LogP contribution in [0.4, 0.5) is 0 Å². The maximum absolute atomic E-state index is 10.4. The first kappa shape index (κ1) is 17.0. The van der Waals surface area contributed by atoms with Crippen molar-refractivity contribution in [2.45, 2.75) is 5.16 Å². The number of rotatable bonds is 5. The number of methoxy groups -OCH3 is 1. The highest BCUT2D eigenvalue weighted by molar-refractivity contribution is 7.99. The average Bonchev–Trinajstić information content (AvgIpc) is 3.29. The zero-order valence-electron chi connectivity index (χ0n) is 14.4. The number of ether oxygens (including phenoxy) is 1. The van der Waals surface area contributed by atoms with Crippen molar-refractivity contribution < 1.29 is 9.84 Å². The van der Waals surface area contributed by atoms with Gasteiger partial charge in [-0.05, 0) is 24.3 Å². The van der Waals surface area contributed by atoms with E-state index in [1.165, 1.54) is 11.8 Å². The number of hydrogen-bond acceptors (Lipinski definition) is 6.